The molecular formula is C17H19NO5. The Bertz CT molecular complexity index is 789. The molecule has 3 heterocycles. The van der Waals surface area contributed by atoms with Crippen LogP contribution >= 0.6 is 0 Å². The summed E-state index contributed by atoms with van der Waals surface area (Å²) in [6, 6.07) is 5.19. The first-order valence-corrected chi connectivity index (χ1v) is 7.82. The average molecular weight is 317 g/mol. The Labute approximate surface area is 133 Å². The summed E-state index contributed by atoms with van der Waals surface area (Å²) in [5.74, 6) is 1.31. The molecule has 2 aliphatic rings. The number of hydrogen-bond donors (Lipinski definition) is 0. The molecule has 0 saturated carbocycles. The van der Waals surface area contributed by atoms with Crippen molar-refractivity contribution in [1.82, 2.24) is 4.90 Å². The molecule has 0 aliphatic carbocycles. The molecule has 0 amide bonds. The van der Waals surface area contributed by atoms with Gasteiger partial charge in [-0.05, 0) is 25.5 Å². The molecule has 0 radical (unpaired) electrons. The number of hydrogen-bond acceptors (Lipinski definition) is 6. The molecule has 2 aromatic rings. The zero-order chi connectivity index (χ0) is 16.0. The normalized spacial score (nSPS) is 24.3. The van der Waals surface area contributed by atoms with Crippen LogP contribution in [0.1, 0.15) is 19.4 Å². The van der Waals surface area contributed by atoms with E-state index in [1.54, 1.807) is 12.1 Å². The molecule has 0 N–H and O–H groups in total. The quantitative estimate of drug-likeness (QED) is 0.791. The highest BCUT2D eigenvalue weighted by atomic mass is 16.7. The number of fused-ring (bicyclic) bond motifs is 2. The van der Waals surface area contributed by atoms with Crippen LogP contribution in [0, 0.1) is 0 Å². The van der Waals surface area contributed by atoms with Crippen LogP contribution < -0.4 is 15.1 Å². The Morgan fingerprint density at radius 3 is 2.52 bits per heavy atom. The summed E-state index contributed by atoms with van der Waals surface area (Å²) >= 11 is 0. The van der Waals surface area contributed by atoms with Crippen molar-refractivity contribution in [2.24, 2.45) is 0 Å². The van der Waals surface area contributed by atoms with E-state index >= 15 is 0 Å². The maximum absolute atomic E-state index is 11.9. The minimum absolute atomic E-state index is 0.186. The van der Waals surface area contributed by atoms with Gasteiger partial charge in [0.25, 0.3) is 0 Å². The molecule has 2 unspecified atom stereocenters. The monoisotopic (exact) mass is 317 g/mol. The van der Waals surface area contributed by atoms with Crippen LogP contribution in [0.25, 0.3) is 11.0 Å². The molecule has 6 nitrogen and oxygen atoms in total. The van der Waals surface area contributed by atoms with Crippen molar-refractivity contribution in [3.8, 4) is 11.5 Å². The van der Waals surface area contributed by atoms with Crippen LogP contribution in [0.4, 0.5) is 0 Å². The fraction of sp³-hybridized carbons (Fsp3) is 0.471. The van der Waals surface area contributed by atoms with Gasteiger partial charge in [-0.1, -0.05) is 0 Å². The van der Waals surface area contributed by atoms with Crippen molar-refractivity contribution in [2.45, 2.75) is 32.6 Å². The second kappa shape index (κ2) is 5.54. The van der Waals surface area contributed by atoms with Crippen molar-refractivity contribution in [1.29, 1.82) is 0 Å². The highest BCUT2D eigenvalue weighted by Gasteiger charge is 2.24. The minimum Gasteiger partial charge on any atom is -0.454 e. The predicted molar refractivity (Wildman–Crippen MR) is 83.9 cm³/mol. The Hall–Kier alpha value is -2.05. The molecule has 122 valence electrons. The van der Waals surface area contributed by atoms with Gasteiger partial charge >= 0.3 is 5.63 Å². The molecule has 1 aromatic carbocycles. The SMILES string of the molecule is CC1CN(Cc2cc(=O)oc3cc4c(cc23)OCO4)CC(C)O1. The molecule has 23 heavy (non-hydrogen) atoms. The first-order chi connectivity index (χ1) is 11.1. The predicted octanol–water partition coefficient (Wildman–Crippen LogP) is 2.13. The lowest BCUT2D eigenvalue weighted by Gasteiger charge is -2.35. The van der Waals surface area contributed by atoms with Gasteiger partial charge in [-0.25, -0.2) is 4.79 Å². The average Bonchev–Trinajstić information content (AvgIpc) is 2.91. The molecule has 1 fully saturated rings. The van der Waals surface area contributed by atoms with E-state index in [2.05, 4.69) is 18.7 Å². The largest absolute Gasteiger partial charge is 0.454 e. The van der Waals surface area contributed by atoms with E-state index in [1.807, 2.05) is 6.07 Å². The summed E-state index contributed by atoms with van der Waals surface area (Å²) in [5, 5.41) is 0.889. The lowest BCUT2D eigenvalue weighted by molar-refractivity contribution is -0.0704. The summed E-state index contributed by atoms with van der Waals surface area (Å²) < 4.78 is 21.9. The number of benzene rings is 1. The Balaban J connectivity index is 1.72. The molecule has 0 spiro atoms. The Kier molecular flexibility index (Phi) is 3.50. The summed E-state index contributed by atoms with van der Waals surface area (Å²) in [7, 11) is 0. The van der Waals surface area contributed by atoms with Gasteiger partial charge < -0.3 is 18.6 Å². The Morgan fingerprint density at radius 1 is 1.09 bits per heavy atom. The van der Waals surface area contributed by atoms with Gasteiger partial charge in [-0.15, -0.1) is 0 Å². The van der Waals surface area contributed by atoms with E-state index in [9.17, 15) is 4.79 Å². The fourth-order valence-corrected chi connectivity index (χ4v) is 3.40. The minimum atomic E-state index is -0.347. The van der Waals surface area contributed by atoms with E-state index in [0.717, 1.165) is 24.0 Å². The van der Waals surface area contributed by atoms with E-state index in [1.165, 1.54) is 0 Å². The van der Waals surface area contributed by atoms with Gasteiger partial charge in [0, 0.05) is 37.2 Å². The smallest absolute Gasteiger partial charge is 0.336 e. The van der Waals surface area contributed by atoms with Gasteiger partial charge in [0.15, 0.2) is 11.5 Å². The summed E-state index contributed by atoms with van der Waals surface area (Å²) in [4.78, 5) is 14.2. The molecule has 0 bridgehead atoms. The van der Waals surface area contributed by atoms with Gasteiger partial charge in [-0.3, -0.25) is 4.90 Å². The van der Waals surface area contributed by atoms with Crippen molar-refractivity contribution >= 4 is 11.0 Å². The van der Waals surface area contributed by atoms with Crippen molar-refractivity contribution in [3.63, 3.8) is 0 Å². The van der Waals surface area contributed by atoms with Crippen LogP contribution in [-0.4, -0.2) is 37.0 Å². The first-order valence-electron chi connectivity index (χ1n) is 7.82. The molecule has 2 aliphatic heterocycles. The van der Waals surface area contributed by atoms with Crippen molar-refractivity contribution in [2.75, 3.05) is 19.9 Å². The highest BCUT2D eigenvalue weighted by Crippen LogP contribution is 2.37. The van der Waals surface area contributed by atoms with Gasteiger partial charge in [0.1, 0.15) is 5.58 Å². The number of ether oxygens (including phenoxy) is 3. The zero-order valence-electron chi connectivity index (χ0n) is 13.2. The fourth-order valence-electron chi connectivity index (χ4n) is 3.40. The summed E-state index contributed by atoms with van der Waals surface area (Å²) in [5.41, 5.74) is 1.13. The first kappa shape index (κ1) is 14.5. The van der Waals surface area contributed by atoms with Crippen LogP contribution in [0.2, 0.25) is 0 Å². The van der Waals surface area contributed by atoms with Crippen LogP contribution in [-0.2, 0) is 11.3 Å². The molecule has 4 rings (SSSR count). The van der Waals surface area contributed by atoms with E-state index in [0.29, 0.717) is 23.6 Å². The second-order valence-corrected chi connectivity index (χ2v) is 6.24. The van der Waals surface area contributed by atoms with Crippen LogP contribution in [0.15, 0.2) is 27.4 Å². The Morgan fingerprint density at radius 2 is 1.78 bits per heavy atom. The molecule has 1 aromatic heterocycles. The van der Waals surface area contributed by atoms with E-state index in [4.69, 9.17) is 18.6 Å². The number of nitrogens with zero attached hydrogens (tertiary/aromatic N) is 1. The van der Waals surface area contributed by atoms with Gasteiger partial charge in [0.2, 0.25) is 6.79 Å². The lowest BCUT2D eigenvalue weighted by atomic mass is 10.1. The highest BCUT2D eigenvalue weighted by molar-refractivity contribution is 5.84. The molecular weight excluding hydrogens is 298 g/mol. The summed E-state index contributed by atoms with van der Waals surface area (Å²) in [6.07, 6.45) is 0.372. The van der Waals surface area contributed by atoms with Gasteiger partial charge in [0.05, 0.1) is 12.2 Å². The molecule has 6 heteroatoms. The summed E-state index contributed by atoms with van der Waals surface area (Å²) in [6.45, 7) is 6.70. The third-order valence-corrected chi connectivity index (χ3v) is 4.21. The lowest BCUT2D eigenvalue weighted by Crippen LogP contribution is -2.44. The topological polar surface area (TPSA) is 61.1 Å². The third-order valence-electron chi connectivity index (χ3n) is 4.21. The molecule has 2 atom stereocenters. The third kappa shape index (κ3) is 2.80. The zero-order valence-corrected chi connectivity index (χ0v) is 13.2. The maximum Gasteiger partial charge on any atom is 0.336 e. The maximum atomic E-state index is 11.9. The van der Waals surface area contributed by atoms with E-state index < -0.39 is 0 Å². The number of morpholine rings is 1. The van der Waals surface area contributed by atoms with Crippen molar-refractivity contribution in [3.05, 3.63) is 34.2 Å². The van der Waals surface area contributed by atoms with Crippen molar-refractivity contribution < 1.29 is 18.6 Å². The van der Waals surface area contributed by atoms with Crippen LogP contribution in [0.5, 0.6) is 11.5 Å². The molecule has 1 saturated heterocycles. The second-order valence-electron chi connectivity index (χ2n) is 6.24. The standard InChI is InChI=1S/C17H19NO5/c1-10-6-18(7-11(2)22-10)8-12-3-17(19)23-14-5-16-15(4-13(12)14)20-9-21-16/h3-5,10-11H,6-9H2,1-2H3. The van der Waals surface area contributed by atoms with Gasteiger partial charge in [-0.2, -0.15) is 0 Å². The van der Waals surface area contributed by atoms with E-state index in [-0.39, 0.29) is 24.6 Å². The number of rotatable bonds is 2. The van der Waals surface area contributed by atoms with Crippen LogP contribution in [0.3, 0.4) is 0 Å².